The number of nitrogens with zero attached hydrogens (tertiary/aromatic N) is 5. The van der Waals surface area contributed by atoms with Crippen LogP contribution in [0.25, 0.3) is 0 Å². The predicted octanol–water partition coefficient (Wildman–Crippen LogP) is 2.10. The number of aromatic amines is 1. The molecule has 1 N–H and O–H groups in total. The maximum Gasteiger partial charge on any atom is 0.255 e. The molecule has 0 radical (unpaired) electrons. The van der Waals surface area contributed by atoms with Crippen LogP contribution < -0.4 is 5.56 Å². The summed E-state index contributed by atoms with van der Waals surface area (Å²) in [5.74, 6) is 0.553. The van der Waals surface area contributed by atoms with Gasteiger partial charge in [-0.25, -0.2) is 4.98 Å². The number of hydrogen-bond acceptors (Lipinski definition) is 6. The van der Waals surface area contributed by atoms with E-state index in [9.17, 15) is 9.59 Å². The molecule has 8 heteroatoms. The summed E-state index contributed by atoms with van der Waals surface area (Å²) in [5, 5.41) is 0. The normalized spacial score (nSPS) is 18.7. The number of likely N-dealkylation sites (tertiary alicyclic amines) is 1. The molecule has 1 atom stereocenters. The van der Waals surface area contributed by atoms with E-state index >= 15 is 0 Å². The van der Waals surface area contributed by atoms with E-state index in [1.165, 1.54) is 0 Å². The van der Waals surface area contributed by atoms with Gasteiger partial charge in [0.05, 0.1) is 17.3 Å². The molecule has 3 aromatic rings. The molecule has 1 fully saturated rings. The molecule has 2 aliphatic heterocycles. The van der Waals surface area contributed by atoms with Crippen molar-refractivity contribution < 1.29 is 4.79 Å². The van der Waals surface area contributed by atoms with Gasteiger partial charge in [0.25, 0.3) is 11.5 Å². The van der Waals surface area contributed by atoms with Crippen LogP contribution in [0.3, 0.4) is 0 Å². The molecule has 1 unspecified atom stereocenters. The van der Waals surface area contributed by atoms with Crippen molar-refractivity contribution in [1.82, 2.24) is 29.7 Å². The monoisotopic (exact) mass is 416 g/mol. The summed E-state index contributed by atoms with van der Waals surface area (Å²) in [5.41, 5.74) is 3.21. The maximum absolute atomic E-state index is 13.0. The quantitative estimate of drug-likeness (QED) is 0.700. The molecule has 0 aliphatic carbocycles. The molecule has 3 aromatic heterocycles. The molecule has 2 aliphatic rings. The Morgan fingerprint density at radius 2 is 2.00 bits per heavy atom. The zero-order valence-electron chi connectivity index (χ0n) is 17.2. The van der Waals surface area contributed by atoms with Crippen LogP contribution in [0.15, 0.2) is 53.8 Å². The summed E-state index contributed by atoms with van der Waals surface area (Å²) in [6.07, 6.45) is 9.26. The van der Waals surface area contributed by atoms with Crippen molar-refractivity contribution in [1.29, 1.82) is 0 Å². The number of pyridine rings is 2. The molecule has 8 nitrogen and oxygen atoms in total. The maximum atomic E-state index is 13.0. The predicted molar refractivity (Wildman–Crippen MR) is 114 cm³/mol. The molecule has 1 saturated heterocycles. The SMILES string of the molecule is O=C(c1ccncc1)N1CCCC1c1nc2c(c(=O)[nH]1)CN(Cc1cccnc1)CC2. The van der Waals surface area contributed by atoms with Gasteiger partial charge in [0, 0.05) is 63.0 Å². The second-order valence-corrected chi connectivity index (χ2v) is 8.09. The van der Waals surface area contributed by atoms with E-state index in [0.29, 0.717) is 24.5 Å². The first-order valence-electron chi connectivity index (χ1n) is 10.6. The minimum absolute atomic E-state index is 0.0482. The van der Waals surface area contributed by atoms with E-state index in [2.05, 4.69) is 19.9 Å². The smallest absolute Gasteiger partial charge is 0.255 e. The van der Waals surface area contributed by atoms with Crippen LogP contribution in [0.5, 0.6) is 0 Å². The highest BCUT2D eigenvalue weighted by atomic mass is 16.2. The first-order chi connectivity index (χ1) is 15.2. The Bertz CT molecular complexity index is 1130. The van der Waals surface area contributed by atoms with Gasteiger partial charge in [0.1, 0.15) is 5.82 Å². The number of carbonyl (C=O) groups excluding carboxylic acids is 1. The molecular formula is C23H24N6O2. The van der Waals surface area contributed by atoms with Gasteiger partial charge in [0.2, 0.25) is 0 Å². The van der Waals surface area contributed by atoms with E-state index in [1.54, 1.807) is 30.7 Å². The van der Waals surface area contributed by atoms with Gasteiger partial charge < -0.3 is 9.88 Å². The molecule has 5 heterocycles. The van der Waals surface area contributed by atoms with Gasteiger partial charge in [-0.15, -0.1) is 0 Å². The van der Waals surface area contributed by atoms with Crippen molar-refractivity contribution in [2.45, 2.75) is 38.4 Å². The second-order valence-electron chi connectivity index (χ2n) is 8.09. The number of fused-ring (bicyclic) bond motifs is 1. The van der Waals surface area contributed by atoms with E-state index in [-0.39, 0.29) is 17.5 Å². The molecule has 0 aromatic carbocycles. The Labute approximate surface area is 180 Å². The fourth-order valence-electron chi connectivity index (χ4n) is 4.50. The van der Waals surface area contributed by atoms with Crippen LogP contribution in [-0.2, 0) is 19.5 Å². The highest BCUT2D eigenvalue weighted by Gasteiger charge is 2.33. The Morgan fingerprint density at radius 1 is 1.13 bits per heavy atom. The molecular weight excluding hydrogens is 392 g/mol. The van der Waals surface area contributed by atoms with Crippen molar-refractivity contribution in [2.24, 2.45) is 0 Å². The lowest BCUT2D eigenvalue weighted by molar-refractivity contribution is 0.0729. The van der Waals surface area contributed by atoms with E-state index in [0.717, 1.165) is 49.2 Å². The second kappa shape index (κ2) is 8.39. The lowest BCUT2D eigenvalue weighted by Gasteiger charge is -2.29. The molecule has 158 valence electrons. The molecule has 0 bridgehead atoms. The highest BCUT2D eigenvalue weighted by molar-refractivity contribution is 5.94. The van der Waals surface area contributed by atoms with Crippen molar-refractivity contribution in [3.05, 3.63) is 87.6 Å². The molecule has 31 heavy (non-hydrogen) atoms. The summed E-state index contributed by atoms with van der Waals surface area (Å²) >= 11 is 0. The summed E-state index contributed by atoms with van der Waals surface area (Å²) in [4.78, 5) is 45.9. The molecule has 0 saturated carbocycles. The number of hydrogen-bond donors (Lipinski definition) is 1. The van der Waals surface area contributed by atoms with Crippen molar-refractivity contribution in [2.75, 3.05) is 13.1 Å². The first-order valence-corrected chi connectivity index (χ1v) is 10.6. The summed E-state index contributed by atoms with van der Waals surface area (Å²) in [7, 11) is 0. The van der Waals surface area contributed by atoms with Crippen LogP contribution in [0.2, 0.25) is 0 Å². The Morgan fingerprint density at radius 3 is 2.81 bits per heavy atom. The number of carbonyl (C=O) groups is 1. The number of amides is 1. The third-order valence-corrected chi connectivity index (χ3v) is 6.05. The van der Waals surface area contributed by atoms with E-state index in [1.807, 2.05) is 23.2 Å². The average Bonchev–Trinajstić information content (AvgIpc) is 3.30. The van der Waals surface area contributed by atoms with Gasteiger partial charge in [-0.3, -0.25) is 24.5 Å². The zero-order chi connectivity index (χ0) is 21.2. The zero-order valence-corrected chi connectivity index (χ0v) is 17.2. The minimum Gasteiger partial charge on any atom is -0.328 e. The van der Waals surface area contributed by atoms with Gasteiger partial charge in [-0.1, -0.05) is 6.07 Å². The van der Waals surface area contributed by atoms with Gasteiger partial charge in [-0.2, -0.15) is 0 Å². The molecule has 1 amide bonds. The van der Waals surface area contributed by atoms with Crippen LogP contribution >= 0.6 is 0 Å². The fourth-order valence-corrected chi connectivity index (χ4v) is 4.50. The van der Waals surface area contributed by atoms with Crippen LogP contribution in [0.4, 0.5) is 0 Å². The number of aromatic nitrogens is 4. The van der Waals surface area contributed by atoms with E-state index in [4.69, 9.17) is 4.98 Å². The largest absolute Gasteiger partial charge is 0.328 e. The summed E-state index contributed by atoms with van der Waals surface area (Å²) in [6, 6.07) is 7.21. The minimum atomic E-state index is -0.202. The third kappa shape index (κ3) is 3.98. The Balaban J connectivity index is 1.37. The van der Waals surface area contributed by atoms with Crippen molar-refractivity contribution in [3.63, 3.8) is 0 Å². The lowest BCUT2D eigenvalue weighted by atomic mass is 10.1. The standard InChI is InChI=1S/C23H24N6O2/c30-22-18-15-28(14-16-3-1-8-25-13-16)12-7-19(18)26-21(27-22)20-4-2-11-29(20)23(31)17-5-9-24-10-6-17/h1,3,5-6,8-10,13,20H,2,4,7,11-12,14-15H2,(H,26,27,30). The highest BCUT2D eigenvalue weighted by Crippen LogP contribution is 2.31. The average molecular weight is 416 g/mol. The summed E-state index contributed by atoms with van der Waals surface area (Å²) in [6.45, 7) is 2.82. The topological polar surface area (TPSA) is 95.1 Å². The Kier molecular flexibility index (Phi) is 5.30. The Hall–Kier alpha value is -3.39. The number of H-pyrrole nitrogens is 1. The van der Waals surface area contributed by atoms with Crippen LogP contribution in [0, 0.1) is 0 Å². The van der Waals surface area contributed by atoms with Crippen LogP contribution in [0.1, 0.15) is 51.9 Å². The van der Waals surface area contributed by atoms with Gasteiger partial charge in [0.15, 0.2) is 0 Å². The fraction of sp³-hybridized carbons (Fsp3) is 0.348. The first kappa shape index (κ1) is 19.6. The van der Waals surface area contributed by atoms with Gasteiger partial charge >= 0.3 is 0 Å². The molecule has 0 spiro atoms. The van der Waals surface area contributed by atoms with Crippen molar-refractivity contribution in [3.8, 4) is 0 Å². The summed E-state index contributed by atoms with van der Waals surface area (Å²) < 4.78 is 0. The molecule has 5 rings (SSSR count). The van der Waals surface area contributed by atoms with Gasteiger partial charge in [-0.05, 0) is 36.6 Å². The van der Waals surface area contributed by atoms with E-state index < -0.39 is 0 Å². The van der Waals surface area contributed by atoms with Crippen molar-refractivity contribution >= 4 is 5.91 Å². The number of nitrogens with one attached hydrogen (secondary N) is 1. The lowest BCUT2D eigenvalue weighted by Crippen LogP contribution is -2.37. The number of rotatable bonds is 4. The van der Waals surface area contributed by atoms with Crippen LogP contribution in [-0.4, -0.2) is 48.7 Å². The third-order valence-electron chi connectivity index (χ3n) is 6.05.